The molecule has 1 saturated heterocycles. The average Bonchev–Trinajstić information content (AvgIpc) is 3.09. The lowest BCUT2D eigenvalue weighted by Gasteiger charge is -2.34. The molecule has 1 atom stereocenters. The van der Waals surface area contributed by atoms with Crippen LogP contribution in [-0.4, -0.2) is 58.5 Å². The summed E-state index contributed by atoms with van der Waals surface area (Å²) in [6.45, 7) is 8.51. The van der Waals surface area contributed by atoms with Gasteiger partial charge in [0.25, 0.3) is 0 Å². The Hall–Kier alpha value is -2.45. The predicted octanol–water partition coefficient (Wildman–Crippen LogP) is 2.13. The summed E-state index contributed by atoms with van der Waals surface area (Å²) in [5.74, 6) is 1.14. The van der Waals surface area contributed by atoms with Crippen molar-refractivity contribution in [1.29, 1.82) is 0 Å². The number of morpholine rings is 1. The van der Waals surface area contributed by atoms with E-state index in [4.69, 9.17) is 4.74 Å². The first kappa shape index (κ1) is 19.3. The number of rotatable bonds is 7. The molecule has 1 aliphatic heterocycles. The standard InChI is InChI=1S/C19H28N6O2/c1-15(2)14-25-18(6-8-22-25)23-19(26)21-13-17(16-5-3-4-7-20-16)24-9-11-27-12-10-24/h3-8,15,17H,9-14H2,1-2H3,(H2,21,23,26)/t17-/m0/s1. The molecule has 2 amide bonds. The van der Waals surface area contributed by atoms with E-state index >= 15 is 0 Å². The Morgan fingerprint density at radius 3 is 2.74 bits per heavy atom. The zero-order valence-corrected chi connectivity index (χ0v) is 16.0. The highest BCUT2D eigenvalue weighted by Crippen LogP contribution is 2.19. The molecule has 8 nitrogen and oxygen atoms in total. The zero-order chi connectivity index (χ0) is 19.1. The second-order valence-electron chi connectivity index (χ2n) is 7.05. The van der Waals surface area contributed by atoms with Crippen molar-refractivity contribution in [3.63, 3.8) is 0 Å². The Balaban J connectivity index is 1.61. The van der Waals surface area contributed by atoms with Crippen molar-refractivity contribution in [2.45, 2.75) is 26.4 Å². The summed E-state index contributed by atoms with van der Waals surface area (Å²) in [7, 11) is 0. The highest BCUT2D eigenvalue weighted by molar-refractivity contribution is 5.88. The van der Waals surface area contributed by atoms with E-state index in [0.29, 0.717) is 31.5 Å². The van der Waals surface area contributed by atoms with Gasteiger partial charge in [-0.1, -0.05) is 19.9 Å². The highest BCUT2D eigenvalue weighted by atomic mass is 16.5. The van der Waals surface area contributed by atoms with Crippen LogP contribution in [0.5, 0.6) is 0 Å². The summed E-state index contributed by atoms with van der Waals surface area (Å²) in [5, 5.41) is 10.1. The van der Waals surface area contributed by atoms with Crippen molar-refractivity contribution >= 4 is 11.8 Å². The lowest BCUT2D eigenvalue weighted by molar-refractivity contribution is 0.0159. The van der Waals surface area contributed by atoms with Crippen LogP contribution >= 0.6 is 0 Å². The molecule has 2 aromatic heterocycles. The van der Waals surface area contributed by atoms with Gasteiger partial charge in [0.05, 0.1) is 31.1 Å². The van der Waals surface area contributed by atoms with Crippen LogP contribution in [0, 0.1) is 5.92 Å². The van der Waals surface area contributed by atoms with Gasteiger partial charge in [0.2, 0.25) is 0 Å². The highest BCUT2D eigenvalue weighted by Gasteiger charge is 2.24. The topological polar surface area (TPSA) is 84.3 Å². The molecule has 3 heterocycles. The van der Waals surface area contributed by atoms with E-state index in [2.05, 4.69) is 39.5 Å². The van der Waals surface area contributed by atoms with Crippen molar-refractivity contribution in [2.75, 3.05) is 38.2 Å². The van der Waals surface area contributed by atoms with Gasteiger partial charge in [-0.2, -0.15) is 5.10 Å². The predicted molar refractivity (Wildman–Crippen MR) is 103 cm³/mol. The third kappa shape index (κ3) is 5.51. The van der Waals surface area contributed by atoms with Crippen LogP contribution in [0.25, 0.3) is 0 Å². The Morgan fingerprint density at radius 1 is 1.22 bits per heavy atom. The van der Waals surface area contributed by atoms with Crippen molar-refractivity contribution in [1.82, 2.24) is 25.0 Å². The van der Waals surface area contributed by atoms with E-state index in [0.717, 1.165) is 25.3 Å². The molecule has 146 valence electrons. The normalized spacial score (nSPS) is 16.3. The van der Waals surface area contributed by atoms with Gasteiger partial charge < -0.3 is 10.1 Å². The first-order chi connectivity index (χ1) is 13.1. The van der Waals surface area contributed by atoms with E-state index in [1.807, 2.05) is 22.9 Å². The summed E-state index contributed by atoms with van der Waals surface area (Å²) >= 11 is 0. The summed E-state index contributed by atoms with van der Waals surface area (Å²) in [6.07, 6.45) is 3.48. The Kier molecular flexibility index (Phi) is 6.78. The second kappa shape index (κ2) is 9.48. The van der Waals surface area contributed by atoms with Gasteiger partial charge in [0, 0.05) is 38.4 Å². The zero-order valence-electron chi connectivity index (χ0n) is 16.0. The number of nitrogens with one attached hydrogen (secondary N) is 2. The number of pyridine rings is 1. The number of anilines is 1. The van der Waals surface area contributed by atoms with Crippen LogP contribution in [0.2, 0.25) is 0 Å². The Bertz CT molecular complexity index is 712. The van der Waals surface area contributed by atoms with Crippen molar-refractivity contribution in [3.05, 3.63) is 42.4 Å². The average molecular weight is 372 g/mol. The molecule has 1 aliphatic rings. The number of carbonyl (C=O) groups is 1. The quantitative estimate of drug-likeness (QED) is 0.778. The van der Waals surface area contributed by atoms with Crippen LogP contribution in [0.4, 0.5) is 10.6 Å². The fraction of sp³-hybridized carbons (Fsp3) is 0.526. The maximum Gasteiger partial charge on any atom is 0.320 e. The Labute approximate surface area is 159 Å². The fourth-order valence-electron chi connectivity index (χ4n) is 3.16. The first-order valence-electron chi connectivity index (χ1n) is 9.43. The molecule has 8 heteroatoms. The minimum atomic E-state index is -0.241. The number of amides is 2. The van der Waals surface area contributed by atoms with Gasteiger partial charge in [-0.05, 0) is 18.1 Å². The molecule has 0 aromatic carbocycles. The Morgan fingerprint density at radius 2 is 2.04 bits per heavy atom. The largest absolute Gasteiger partial charge is 0.379 e. The molecule has 0 radical (unpaired) electrons. The maximum absolute atomic E-state index is 12.4. The molecular formula is C19H28N6O2. The van der Waals surface area contributed by atoms with Gasteiger partial charge >= 0.3 is 6.03 Å². The van der Waals surface area contributed by atoms with Gasteiger partial charge in [0.15, 0.2) is 0 Å². The fourth-order valence-corrected chi connectivity index (χ4v) is 3.16. The van der Waals surface area contributed by atoms with Gasteiger partial charge in [-0.25, -0.2) is 9.48 Å². The van der Waals surface area contributed by atoms with E-state index < -0.39 is 0 Å². The maximum atomic E-state index is 12.4. The summed E-state index contributed by atoms with van der Waals surface area (Å²) in [4.78, 5) is 19.2. The third-order valence-corrected chi connectivity index (χ3v) is 4.47. The second-order valence-corrected chi connectivity index (χ2v) is 7.05. The smallest absolute Gasteiger partial charge is 0.320 e. The van der Waals surface area contributed by atoms with Crippen molar-refractivity contribution in [3.8, 4) is 0 Å². The molecule has 0 saturated carbocycles. The number of ether oxygens (including phenoxy) is 1. The lowest BCUT2D eigenvalue weighted by Crippen LogP contribution is -2.44. The number of hydrogen-bond donors (Lipinski definition) is 2. The first-order valence-corrected chi connectivity index (χ1v) is 9.43. The van der Waals surface area contributed by atoms with Crippen LogP contribution in [-0.2, 0) is 11.3 Å². The van der Waals surface area contributed by atoms with Gasteiger partial charge in [0.1, 0.15) is 5.82 Å². The molecule has 27 heavy (non-hydrogen) atoms. The van der Waals surface area contributed by atoms with E-state index in [1.54, 1.807) is 18.5 Å². The SMILES string of the molecule is CC(C)Cn1nccc1NC(=O)NC[C@@H](c1ccccn1)N1CCOCC1. The molecule has 0 bridgehead atoms. The van der Waals surface area contributed by atoms with Gasteiger partial charge in [-0.15, -0.1) is 0 Å². The minimum absolute atomic E-state index is 0.0152. The molecule has 2 aromatic rings. The number of carbonyl (C=O) groups excluding carboxylic acids is 1. The van der Waals surface area contributed by atoms with E-state index in [9.17, 15) is 4.79 Å². The number of urea groups is 1. The van der Waals surface area contributed by atoms with Crippen LogP contribution in [0.1, 0.15) is 25.6 Å². The summed E-state index contributed by atoms with van der Waals surface area (Å²) in [5.41, 5.74) is 0.949. The molecule has 2 N–H and O–H groups in total. The van der Waals surface area contributed by atoms with Gasteiger partial charge in [-0.3, -0.25) is 15.2 Å². The molecular weight excluding hydrogens is 344 g/mol. The number of hydrogen-bond acceptors (Lipinski definition) is 5. The minimum Gasteiger partial charge on any atom is -0.379 e. The van der Waals surface area contributed by atoms with Crippen molar-refractivity contribution < 1.29 is 9.53 Å². The molecule has 0 aliphatic carbocycles. The van der Waals surface area contributed by atoms with Crippen LogP contribution in [0.3, 0.4) is 0 Å². The number of aromatic nitrogens is 3. The monoisotopic (exact) mass is 372 g/mol. The summed E-state index contributed by atoms with van der Waals surface area (Å²) in [6, 6.07) is 7.45. The van der Waals surface area contributed by atoms with Crippen molar-refractivity contribution in [2.24, 2.45) is 5.92 Å². The van der Waals surface area contributed by atoms with Crippen LogP contribution in [0.15, 0.2) is 36.7 Å². The molecule has 1 fully saturated rings. The summed E-state index contributed by atoms with van der Waals surface area (Å²) < 4.78 is 7.26. The third-order valence-electron chi connectivity index (χ3n) is 4.47. The van der Waals surface area contributed by atoms with E-state index in [1.165, 1.54) is 0 Å². The molecule has 3 rings (SSSR count). The lowest BCUT2D eigenvalue weighted by atomic mass is 10.1. The van der Waals surface area contributed by atoms with E-state index in [-0.39, 0.29) is 12.1 Å². The van der Waals surface area contributed by atoms with Crippen LogP contribution < -0.4 is 10.6 Å². The molecule has 0 unspecified atom stereocenters. The number of nitrogens with zero attached hydrogens (tertiary/aromatic N) is 4. The molecule has 0 spiro atoms.